The maximum absolute atomic E-state index is 14.9. The van der Waals surface area contributed by atoms with Gasteiger partial charge < -0.3 is 30.8 Å². The van der Waals surface area contributed by atoms with Gasteiger partial charge in [0.1, 0.15) is 22.6 Å². The number of carbonyl (C=O) groups excluding carboxylic acids is 2. The summed E-state index contributed by atoms with van der Waals surface area (Å²) in [4.78, 5) is 36.9. The summed E-state index contributed by atoms with van der Waals surface area (Å²) in [6.45, 7) is 1.45. The molecule has 34 heavy (non-hydrogen) atoms. The second-order valence-electron chi connectivity index (χ2n) is 7.32. The molecule has 2 heterocycles. The fraction of sp³-hybridized carbons (Fsp3) is 0.333. The van der Waals surface area contributed by atoms with Crippen LogP contribution < -0.4 is 26.6 Å². The lowest BCUT2D eigenvalue weighted by Crippen LogP contribution is -2.37. The first-order chi connectivity index (χ1) is 16.3. The molecule has 0 saturated carbocycles. The van der Waals surface area contributed by atoms with Crippen LogP contribution in [0.5, 0.6) is 0 Å². The zero-order valence-corrected chi connectivity index (χ0v) is 18.2. The molecule has 3 rings (SSSR count). The number of nitro groups is 1. The molecule has 2 aromatic rings. The average molecular weight is 476 g/mol. The Balaban J connectivity index is 1.58. The van der Waals surface area contributed by atoms with Crippen molar-refractivity contribution in [1.82, 2.24) is 5.32 Å². The van der Waals surface area contributed by atoms with Gasteiger partial charge in [0.2, 0.25) is 5.91 Å². The van der Waals surface area contributed by atoms with Crippen LogP contribution in [0.25, 0.3) is 6.08 Å². The van der Waals surface area contributed by atoms with Gasteiger partial charge in [-0.1, -0.05) is 0 Å². The number of amides is 2. The van der Waals surface area contributed by atoms with Crippen molar-refractivity contribution in [3.63, 3.8) is 0 Å². The zero-order valence-electron chi connectivity index (χ0n) is 18.2. The molecule has 13 heteroatoms. The standard InChI is InChI=1S/C21H25FN6O6/c22-17-11-14(27-13-16(12-24)34-21(27)30)1-4-18(17)26(9-7-23)10-8-25-19(29)5-2-15-3-6-20(33-15)28(31)32/h1-6,11,16H,7-10,12-13,23-24H2,(H,25,29)/b5-2+/t16-/m0/s1. The Kier molecular flexibility index (Phi) is 8.16. The lowest BCUT2D eigenvalue weighted by Gasteiger charge is -2.25. The Morgan fingerprint density at radius 1 is 1.32 bits per heavy atom. The third kappa shape index (κ3) is 6.08. The number of nitrogens with one attached hydrogen (secondary N) is 1. The number of benzene rings is 1. The van der Waals surface area contributed by atoms with E-state index in [2.05, 4.69) is 5.32 Å². The van der Waals surface area contributed by atoms with Gasteiger partial charge in [0.15, 0.2) is 0 Å². The molecule has 182 valence electrons. The summed E-state index contributed by atoms with van der Waals surface area (Å²) in [5.74, 6) is -1.27. The Bertz CT molecular complexity index is 1070. The van der Waals surface area contributed by atoms with E-state index in [0.717, 1.165) is 0 Å². The number of anilines is 2. The summed E-state index contributed by atoms with van der Waals surface area (Å²) in [6, 6.07) is 6.93. The van der Waals surface area contributed by atoms with Crippen LogP contribution in [0.2, 0.25) is 0 Å². The summed E-state index contributed by atoms with van der Waals surface area (Å²) in [5.41, 5.74) is 11.8. The quantitative estimate of drug-likeness (QED) is 0.245. The lowest BCUT2D eigenvalue weighted by molar-refractivity contribution is -0.402. The van der Waals surface area contributed by atoms with Crippen molar-refractivity contribution >= 4 is 35.3 Å². The first kappa shape index (κ1) is 24.7. The number of ether oxygens (including phenoxy) is 1. The molecule has 0 spiro atoms. The molecule has 0 aliphatic carbocycles. The molecule has 1 aromatic heterocycles. The van der Waals surface area contributed by atoms with Crippen molar-refractivity contribution in [3.05, 3.63) is 58.1 Å². The van der Waals surface area contributed by atoms with E-state index in [1.807, 2.05) is 0 Å². The number of nitrogens with zero attached hydrogens (tertiary/aromatic N) is 3. The Labute approximate surface area is 194 Å². The van der Waals surface area contributed by atoms with Crippen LogP contribution in [0.1, 0.15) is 5.76 Å². The molecule has 1 aliphatic rings. The van der Waals surface area contributed by atoms with Gasteiger partial charge >= 0.3 is 12.0 Å². The number of carbonyl (C=O) groups is 2. The summed E-state index contributed by atoms with van der Waals surface area (Å²) < 4.78 is 24.9. The lowest BCUT2D eigenvalue weighted by atomic mass is 10.2. The topological polar surface area (TPSA) is 170 Å². The van der Waals surface area contributed by atoms with E-state index in [9.17, 15) is 24.1 Å². The van der Waals surface area contributed by atoms with Gasteiger partial charge in [-0.3, -0.25) is 19.8 Å². The molecule has 1 fully saturated rings. The fourth-order valence-electron chi connectivity index (χ4n) is 3.34. The Hall–Kier alpha value is -3.97. The van der Waals surface area contributed by atoms with E-state index >= 15 is 0 Å². The van der Waals surface area contributed by atoms with Gasteiger partial charge in [0.05, 0.1) is 24.0 Å². The number of hydrogen-bond acceptors (Lipinski definition) is 9. The van der Waals surface area contributed by atoms with E-state index in [1.54, 1.807) is 11.0 Å². The number of rotatable bonds is 11. The predicted molar refractivity (Wildman–Crippen MR) is 122 cm³/mol. The van der Waals surface area contributed by atoms with Crippen LogP contribution in [0.3, 0.4) is 0 Å². The summed E-state index contributed by atoms with van der Waals surface area (Å²) in [6.07, 6.45) is 1.46. The average Bonchev–Trinajstić information content (AvgIpc) is 3.44. The molecule has 12 nitrogen and oxygen atoms in total. The summed E-state index contributed by atoms with van der Waals surface area (Å²) in [5, 5.41) is 13.3. The van der Waals surface area contributed by atoms with E-state index in [-0.39, 0.29) is 44.2 Å². The normalized spacial score (nSPS) is 15.6. The first-order valence-electron chi connectivity index (χ1n) is 10.4. The van der Waals surface area contributed by atoms with Crippen molar-refractivity contribution in [2.45, 2.75) is 6.10 Å². The molecule has 0 bridgehead atoms. The van der Waals surface area contributed by atoms with Gasteiger partial charge in [-0.05, 0) is 30.3 Å². The van der Waals surface area contributed by atoms with E-state index in [0.29, 0.717) is 12.2 Å². The number of nitrogens with two attached hydrogens (primary N) is 2. The fourth-order valence-corrected chi connectivity index (χ4v) is 3.34. The summed E-state index contributed by atoms with van der Waals surface area (Å²) in [7, 11) is 0. The van der Waals surface area contributed by atoms with Crippen LogP contribution in [-0.4, -0.2) is 62.3 Å². The van der Waals surface area contributed by atoms with Crippen molar-refractivity contribution in [2.75, 3.05) is 49.1 Å². The van der Waals surface area contributed by atoms with Crippen molar-refractivity contribution in [2.24, 2.45) is 11.5 Å². The molecule has 0 unspecified atom stereocenters. The van der Waals surface area contributed by atoms with E-state index in [4.69, 9.17) is 20.6 Å². The van der Waals surface area contributed by atoms with Crippen molar-refractivity contribution in [3.8, 4) is 0 Å². The minimum absolute atomic E-state index is 0.161. The number of furan rings is 1. The minimum Gasteiger partial charge on any atom is -0.443 e. The van der Waals surface area contributed by atoms with Gasteiger partial charge in [0.25, 0.3) is 0 Å². The highest BCUT2D eigenvalue weighted by Crippen LogP contribution is 2.27. The second-order valence-corrected chi connectivity index (χ2v) is 7.32. The molecule has 0 radical (unpaired) electrons. The zero-order chi connectivity index (χ0) is 24.7. The van der Waals surface area contributed by atoms with E-state index in [1.165, 1.54) is 41.3 Å². The highest BCUT2D eigenvalue weighted by atomic mass is 19.1. The van der Waals surface area contributed by atoms with Gasteiger partial charge in [0, 0.05) is 38.8 Å². The SMILES string of the molecule is NCCN(CCNC(=O)/C=C/c1ccc([N+](=O)[O-])o1)c1ccc(N2C[C@H](CN)OC2=O)cc1F. The Morgan fingerprint density at radius 3 is 2.74 bits per heavy atom. The minimum atomic E-state index is -0.678. The molecule has 1 aliphatic heterocycles. The van der Waals surface area contributed by atoms with Crippen LogP contribution in [0.15, 0.2) is 40.8 Å². The largest absolute Gasteiger partial charge is 0.443 e. The van der Waals surface area contributed by atoms with Crippen LogP contribution in [0.4, 0.5) is 26.4 Å². The van der Waals surface area contributed by atoms with Gasteiger partial charge in [-0.25, -0.2) is 9.18 Å². The maximum atomic E-state index is 14.9. The molecule has 2 amide bonds. The predicted octanol–water partition coefficient (Wildman–Crippen LogP) is 1.21. The monoisotopic (exact) mass is 476 g/mol. The molecular weight excluding hydrogens is 451 g/mol. The first-order valence-corrected chi connectivity index (χ1v) is 10.4. The number of hydrogen-bond donors (Lipinski definition) is 3. The van der Waals surface area contributed by atoms with Crippen molar-refractivity contribution < 1.29 is 28.1 Å². The van der Waals surface area contributed by atoms with Crippen LogP contribution in [-0.2, 0) is 9.53 Å². The van der Waals surface area contributed by atoms with Crippen LogP contribution >= 0.6 is 0 Å². The third-order valence-corrected chi connectivity index (χ3v) is 4.99. The summed E-state index contributed by atoms with van der Waals surface area (Å²) >= 11 is 0. The highest BCUT2D eigenvalue weighted by Gasteiger charge is 2.32. The number of halogens is 1. The van der Waals surface area contributed by atoms with E-state index < -0.39 is 34.7 Å². The molecular formula is C21H25FN6O6. The molecule has 1 saturated heterocycles. The van der Waals surface area contributed by atoms with Crippen molar-refractivity contribution in [1.29, 1.82) is 0 Å². The smallest absolute Gasteiger partial charge is 0.433 e. The third-order valence-electron chi connectivity index (χ3n) is 4.99. The maximum Gasteiger partial charge on any atom is 0.433 e. The molecule has 1 atom stereocenters. The van der Waals surface area contributed by atoms with Gasteiger partial charge in [-0.2, -0.15) is 0 Å². The number of cyclic esters (lactones) is 1. The van der Waals surface area contributed by atoms with Crippen LogP contribution in [0, 0.1) is 15.9 Å². The highest BCUT2D eigenvalue weighted by molar-refractivity contribution is 5.91. The Morgan fingerprint density at radius 2 is 2.12 bits per heavy atom. The molecule has 5 N–H and O–H groups in total. The molecule has 1 aromatic carbocycles. The van der Waals surface area contributed by atoms with Gasteiger partial charge in [-0.15, -0.1) is 0 Å². The second kappa shape index (κ2) is 11.2.